The maximum atomic E-state index is 13.8. The predicted molar refractivity (Wildman–Crippen MR) is 122 cm³/mol. The van der Waals surface area contributed by atoms with Crippen LogP contribution in [-0.4, -0.2) is 34.7 Å². The number of aryl methyl sites for hydroxylation is 2. The van der Waals surface area contributed by atoms with Gasteiger partial charge < -0.3 is 19.9 Å². The quantitative estimate of drug-likeness (QED) is 0.375. The Labute approximate surface area is 196 Å². The van der Waals surface area contributed by atoms with Crippen LogP contribution in [0.5, 0.6) is 5.75 Å². The Morgan fingerprint density at radius 3 is 2.59 bits per heavy atom. The first-order valence-corrected chi connectivity index (χ1v) is 10.5. The molecule has 182 valence electrons. The number of hydrogen-bond donors (Lipinski definition) is 2. The summed E-state index contributed by atoms with van der Waals surface area (Å²) in [5.41, 5.74) is 6.22. The molecule has 0 unspecified atom stereocenters. The lowest BCUT2D eigenvalue weighted by Gasteiger charge is -2.21. The van der Waals surface area contributed by atoms with Crippen LogP contribution in [0, 0.1) is 5.41 Å². The first-order valence-electron chi connectivity index (χ1n) is 10.5. The molecule has 4 rings (SSSR count). The van der Waals surface area contributed by atoms with E-state index in [-0.39, 0.29) is 48.7 Å². The highest BCUT2D eigenvalue weighted by Gasteiger charge is 2.35. The summed E-state index contributed by atoms with van der Waals surface area (Å²) >= 11 is 0. The molecule has 0 spiro atoms. The fourth-order valence-electron chi connectivity index (χ4n) is 4.07. The van der Waals surface area contributed by atoms with Crippen molar-refractivity contribution < 1.29 is 22.4 Å². The number of aromatic nitrogens is 2. The van der Waals surface area contributed by atoms with Crippen LogP contribution in [0.4, 0.5) is 13.2 Å². The Hall–Kier alpha value is -3.56. The molecule has 1 aliphatic heterocycles. The lowest BCUT2D eigenvalue weighted by Crippen LogP contribution is -2.35. The first kappa shape index (κ1) is 25.1. The van der Waals surface area contributed by atoms with E-state index in [2.05, 4.69) is 10.1 Å². The predicted octanol–water partition coefficient (Wildman–Crippen LogP) is 5.22. The Balaban J connectivity index is 0.00000324. The van der Waals surface area contributed by atoms with Crippen molar-refractivity contribution in [3.05, 3.63) is 65.0 Å². The molecule has 3 N–H and O–H groups in total. The van der Waals surface area contributed by atoms with Crippen LogP contribution in [0.25, 0.3) is 11.4 Å². The maximum absolute atomic E-state index is 13.8. The van der Waals surface area contributed by atoms with Crippen LogP contribution in [0.2, 0.25) is 0 Å². The van der Waals surface area contributed by atoms with E-state index in [4.69, 9.17) is 20.4 Å². The van der Waals surface area contributed by atoms with Gasteiger partial charge in [-0.3, -0.25) is 5.41 Å². The summed E-state index contributed by atoms with van der Waals surface area (Å²) in [6.45, 7) is 0.596. The molecule has 1 aliphatic rings. The molecule has 0 radical (unpaired) electrons. The standard InChI is InChI=1S/C23H24F3N5O2.CH4/c1-32-17-10-5-14(6-11-17)4-7-15-8-9-16(13-18(15)23(24,25)26)20-29-21(33-30-20)19-3-2-12-31(19)22(27)28;/h5-6,8-11,13,19H,2-4,7,12H2,1H3,(H3,27,28);1H4/t19-;/m0./s1. The minimum absolute atomic E-state index is 0. The number of guanidine groups is 1. The smallest absolute Gasteiger partial charge is 0.416 e. The summed E-state index contributed by atoms with van der Waals surface area (Å²) in [5, 5.41) is 11.6. The average molecular weight is 476 g/mol. The lowest BCUT2D eigenvalue weighted by molar-refractivity contribution is -0.138. The number of halogens is 3. The third-order valence-electron chi connectivity index (χ3n) is 5.80. The number of hydrogen-bond acceptors (Lipinski definition) is 5. The summed E-state index contributed by atoms with van der Waals surface area (Å²) in [6, 6.07) is 11.0. The maximum Gasteiger partial charge on any atom is 0.416 e. The van der Waals surface area contributed by atoms with Crippen LogP contribution >= 0.6 is 0 Å². The second kappa shape index (κ2) is 10.1. The molecule has 1 aromatic heterocycles. The number of nitrogens with zero attached hydrogens (tertiary/aromatic N) is 3. The monoisotopic (exact) mass is 475 g/mol. The largest absolute Gasteiger partial charge is 0.497 e. The number of nitrogens with two attached hydrogens (primary N) is 1. The van der Waals surface area contributed by atoms with Gasteiger partial charge in [0, 0.05) is 12.1 Å². The molecule has 7 nitrogen and oxygen atoms in total. The zero-order valence-corrected chi connectivity index (χ0v) is 18.0. The zero-order chi connectivity index (χ0) is 23.6. The van der Waals surface area contributed by atoms with Crippen LogP contribution in [0.15, 0.2) is 47.0 Å². The van der Waals surface area contributed by atoms with E-state index in [1.54, 1.807) is 30.2 Å². The summed E-state index contributed by atoms with van der Waals surface area (Å²) in [4.78, 5) is 5.95. The number of rotatable bonds is 6. The summed E-state index contributed by atoms with van der Waals surface area (Å²) < 4.78 is 51.9. The van der Waals surface area contributed by atoms with E-state index in [1.165, 1.54) is 6.07 Å². The number of methoxy groups -OCH3 is 1. The van der Waals surface area contributed by atoms with Crippen LogP contribution in [0.1, 0.15) is 48.9 Å². The van der Waals surface area contributed by atoms with Gasteiger partial charge in [0.1, 0.15) is 11.8 Å². The molecule has 34 heavy (non-hydrogen) atoms. The highest BCUT2D eigenvalue weighted by molar-refractivity contribution is 5.75. The molecular weight excluding hydrogens is 447 g/mol. The highest BCUT2D eigenvalue weighted by Crippen LogP contribution is 2.36. The molecule has 2 aromatic carbocycles. The molecule has 1 fully saturated rings. The van der Waals surface area contributed by atoms with E-state index >= 15 is 0 Å². The molecule has 1 saturated heterocycles. The Kier molecular flexibility index (Phi) is 7.48. The molecule has 0 aliphatic carbocycles. The number of nitrogens with one attached hydrogen (secondary N) is 1. The second-order valence-electron chi connectivity index (χ2n) is 7.91. The molecule has 3 aromatic rings. The third-order valence-corrected chi connectivity index (χ3v) is 5.80. The van der Waals surface area contributed by atoms with Crippen molar-refractivity contribution in [1.29, 1.82) is 5.41 Å². The molecule has 1 atom stereocenters. The topological polar surface area (TPSA) is 101 Å². The minimum atomic E-state index is -4.52. The van der Waals surface area contributed by atoms with E-state index < -0.39 is 11.7 Å². The molecule has 0 bridgehead atoms. The van der Waals surface area contributed by atoms with Crippen LogP contribution in [-0.2, 0) is 19.0 Å². The van der Waals surface area contributed by atoms with Gasteiger partial charge >= 0.3 is 6.18 Å². The van der Waals surface area contributed by atoms with Crippen LogP contribution < -0.4 is 10.5 Å². The van der Waals surface area contributed by atoms with Gasteiger partial charge in [0.15, 0.2) is 5.96 Å². The van der Waals surface area contributed by atoms with Gasteiger partial charge in [-0.1, -0.05) is 36.8 Å². The number of ether oxygens (including phenoxy) is 1. The number of alkyl halides is 3. The van der Waals surface area contributed by atoms with Crippen molar-refractivity contribution in [2.75, 3.05) is 13.7 Å². The fourth-order valence-corrected chi connectivity index (χ4v) is 4.07. The molecule has 2 heterocycles. The van der Waals surface area contributed by atoms with Crippen molar-refractivity contribution in [2.45, 2.75) is 45.3 Å². The number of benzene rings is 2. The van der Waals surface area contributed by atoms with Crippen molar-refractivity contribution >= 4 is 5.96 Å². The van der Waals surface area contributed by atoms with Gasteiger partial charge in [-0.2, -0.15) is 18.2 Å². The molecule has 10 heteroatoms. The van der Waals surface area contributed by atoms with Gasteiger partial charge in [0.2, 0.25) is 11.7 Å². The fraction of sp³-hybridized carbons (Fsp3) is 0.375. The van der Waals surface area contributed by atoms with Gasteiger partial charge in [-0.15, -0.1) is 0 Å². The van der Waals surface area contributed by atoms with Gasteiger partial charge in [-0.25, -0.2) is 0 Å². The third kappa shape index (κ3) is 5.32. The average Bonchev–Trinajstić information content (AvgIpc) is 3.47. The van der Waals surface area contributed by atoms with Gasteiger partial charge in [0.25, 0.3) is 0 Å². The normalized spacial score (nSPS) is 15.8. The van der Waals surface area contributed by atoms with Gasteiger partial charge in [-0.05, 0) is 55.0 Å². The van der Waals surface area contributed by atoms with Crippen molar-refractivity contribution in [3.63, 3.8) is 0 Å². The van der Waals surface area contributed by atoms with E-state index in [1.807, 2.05) is 12.1 Å². The summed E-state index contributed by atoms with van der Waals surface area (Å²) in [7, 11) is 1.56. The van der Waals surface area contributed by atoms with Crippen LogP contribution in [0.3, 0.4) is 0 Å². The van der Waals surface area contributed by atoms with Crippen molar-refractivity contribution in [3.8, 4) is 17.1 Å². The second-order valence-corrected chi connectivity index (χ2v) is 7.91. The molecule has 0 saturated carbocycles. The molecule has 0 amide bonds. The van der Waals surface area contributed by atoms with Crippen molar-refractivity contribution in [2.24, 2.45) is 5.73 Å². The summed E-state index contributed by atoms with van der Waals surface area (Å²) in [5.74, 6) is 0.919. The first-order chi connectivity index (χ1) is 15.8. The number of likely N-dealkylation sites (tertiary alicyclic amines) is 1. The Bertz CT molecular complexity index is 1130. The lowest BCUT2D eigenvalue weighted by atomic mass is 9.97. The SMILES string of the molecule is C.COc1ccc(CCc2ccc(-c3noc([C@@H]4CCCN4C(=N)N)n3)cc2C(F)(F)F)cc1. The van der Waals surface area contributed by atoms with Gasteiger partial charge in [0.05, 0.1) is 12.7 Å². The Morgan fingerprint density at radius 2 is 1.94 bits per heavy atom. The van der Waals surface area contributed by atoms with E-state index in [9.17, 15) is 13.2 Å². The Morgan fingerprint density at radius 1 is 1.21 bits per heavy atom. The van der Waals surface area contributed by atoms with Crippen molar-refractivity contribution in [1.82, 2.24) is 15.0 Å². The minimum Gasteiger partial charge on any atom is -0.497 e. The van der Waals surface area contributed by atoms with E-state index in [0.717, 1.165) is 18.1 Å². The zero-order valence-electron chi connectivity index (χ0n) is 18.0. The highest BCUT2D eigenvalue weighted by atomic mass is 19.4. The van der Waals surface area contributed by atoms with E-state index in [0.29, 0.717) is 25.1 Å². The summed E-state index contributed by atoms with van der Waals surface area (Å²) in [6.07, 6.45) is -2.34. The molecular formula is C24H28F3N5O2.